The van der Waals surface area contributed by atoms with E-state index in [2.05, 4.69) is 31.8 Å². The standard InChI is InChI=1S/C27H29N5O4S.ClH/c1-37(35,36)31-25(24(20-10-4-2-5-11-20)21-12-6-3-7-13-21)27(34)32-17-9-15-23(32)26(33)29-16-8-14-22-18-28-19-30-22;/h2-7,10-13,18-19,23-25,31H,9,15-17H2,1H3,(H,28,30)(H,29,33);1H/t23-,25+;/m0./s1. The van der Waals surface area contributed by atoms with Crippen LogP contribution in [0.4, 0.5) is 0 Å². The molecule has 2 heterocycles. The van der Waals surface area contributed by atoms with Crippen LogP contribution < -0.4 is 10.0 Å². The lowest BCUT2D eigenvalue weighted by molar-refractivity contribution is -0.139. The third-order valence-corrected chi connectivity index (χ3v) is 6.85. The van der Waals surface area contributed by atoms with Crippen molar-refractivity contribution in [1.29, 1.82) is 0 Å². The highest BCUT2D eigenvalue weighted by Gasteiger charge is 2.41. The summed E-state index contributed by atoms with van der Waals surface area (Å²) < 4.78 is 27.4. The van der Waals surface area contributed by atoms with Gasteiger partial charge in [0.1, 0.15) is 17.8 Å². The molecule has 0 radical (unpaired) electrons. The van der Waals surface area contributed by atoms with Crippen molar-refractivity contribution in [2.24, 2.45) is 0 Å². The number of sulfonamides is 1. The normalized spacial score (nSPS) is 15.7. The van der Waals surface area contributed by atoms with Gasteiger partial charge >= 0.3 is 0 Å². The number of aromatic amines is 1. The van der Waals surface area contributed by atoms with Gasteiger partial charge in [-0.2, -0.15) is 0 Å². The van der Waals surface area contributed by atoms with Crippen molar-refractivity contribution in [1.82, 2.24) is 24.9 Å². The number of hydrogen-bond acceptors (Lipinski definition) is 5. The molecular formula is C27H30ClN5O4S. The highest BCUT2D eigenvalue weighted by molar-refractivity contribution is 7.88. The predicted octanol–water partition coefficient (Wildman–Crippen LogP) is 2.04. The van der Waals surface area contributed by atoms with Crippen molar-refractivity contribution in [3.05, 3.63) is 90.0 Å². The Hall–Kier alpha value is -3.65. The van der Waals surface area contributed by atoms with Crippen molar-refractivity contribution >= 4 is 34.2 Å². The van der Waals surface area contributed by atoms with Crippen LogP contribution in [0.1, 0.15) is 35.6 Å². The summed E-state index contributed by atoms with van der Waals surface area (Å²) in [7, 11) is -3.76. The molecule has 4 rings (SSSR count). The van der Waals surface area contributed by atoms with Gasteiger partial charge in [0.05, 0.1) is 25.3 Å². The SMILES string of the molecule is CS(=O)(=O)N[C@@H](C(=O)N1CCC[C@H]1C(=O)NCC#Cc1cnc[nH]1)C(c1ccccc1)c1ccccc1.Cl. The van der Waals surface area contributed by atoms with Gasteiger partial charge in [-0.25, -0.2) is 18.1 Å². The molecular weight excluding hydrogens is 526 g/mol. The number of imidazole rings is 1. The minimum atomic E-state index is -3.76. The van der Waals surface area contributed by atoms with E-state index in [-0.39, 0.29) is 24.9 Å². The number of likely N-dealkylation sites (tertiary alicyclic amines) is 1. The molecule has 2 amide bonds. The van der Waals surface area contributed by atoms with Crippen LogP contribution in [0.25, 0.3) is 0 Å². The van der Waals surface area contributed by atoms with E-state index in [1.807, 2.05) is 60.7 Å². The summed E-state index contributed by atoms with van der Waals surface area (Å²) in [6.07, 6.45) is 5.25. The van der Waals surface area contributed by atoms with Gasteiger partial charge in [0.25, 0.3) is 0 Å². The second kappa shape index (κ2) is 13.2. The Morgan fingerprint density at radius 2 is 1.74 bits per heavy atom. The van der Waals surface area contributed by atoms with Crippen LogP contribution in [-0.4, -0.2) is 66.5 Å². The second-order valence-corrected chi connectivity index (χ2v) is 10.6. The average molecular weight is 556 g/mol. The lowest BCUT2D eigenvalue weighted by Crippen LogP contribution is -2.55. The zero-order valence-electron chi connectivity index (χ0n) is 20.8. The maximum atomic E-state index is 14.0. The molecule has 1 aliphatic rings. The van der Waals surface area contributed by atoms with Crippen LogP contribution in [-0.2, 0) is 19.6 Å². The molecule has 2 aromatic carbocycles. The Balaban J connectivity index is 0.00000400. The average Bonchev–Trinajstić information content (AvgIpc) is 3.59. The highest BCUT2D eigenvalue weighted by atomic mass is 35.5. The van der Waals surface area contributed by atoms with E-state index in [9.17, 15) is 18.0 Å². The number of halogens is 1. The number of amides is 2. The lowest BCUT2D eigenvalue weighted by Gasteiger charge is -2.33. The second-order valence-electron chi connectivity index (χ2n) is 8.84. The zero-order chi connectivity index (χ0) is 26.3. The van der Waals surface area contributed by atoms with Crippen LogP contribution in [0.2, 0.25) is 0 Å². The molecule has 0 spiro atoms. The van der Waals surface area contributed by atoms with Crippen LogP contribution in [0.3, 0.4) is 0 Å². The Morgan fingerprint density at radius 3 is 2.29 bits per heavy atom. The van der Waals surface area contributed by atoms with E-state index in [0.29, 0.717) is 25.1 Å². The van der Waals surface area contributed by atoms with E-state index >= 15 is 0 Å². The van der Waals surface area contributed by atoms with E-state index in [1.165, 1.54) is 11.2 Å². The first-order valence-electron chi connectivity index (χ1n) is 12.0. The molecule has 9 nitrogen and oxygen atoms in total. The number of rotatable bonds is 8. The topological polar surface area (TPSA) is 124 Å². The van der Waals surface area contributed by atoms with E-state index < -0.39 is 33.9 Å². The van der Waals surface area contributed by atoms with Gasteiger partial charge in [0.15, 0.2) is 0 Å². The molecule has 0 bridgehead atoms. The Bertz CT molecular complexity index is 1330. The number of nitrogens with zero attached hydrogens (tertiary/aromatic N) is 2. The monoisotopic (exact) mass is 555 g/mol. The number of benzene rings is 2. The van der Waals surface area contributed by atoms with Crippen molar-refractivity contribution < 1.29 is 18.0 Å². The maximum absolute atomic E-state index is 14.0. The molecule has 3 aromatic rings. The number of carbonyl (C=O) groups excluding carboxylic acids is 2. The first-order chi connectivity index (χ1) is 17.8. The summed E-state index contributed by atoms with van der Waals surface area (Å²) in [6.45, 7) is 0.465. The van der Waals surface area contributed by atoms with Crippen LogP contribution in [0.5, 0.6) is 0 Å². The maximum Gasteiger partial charge on any atom is 0.243 e. The molecule has 0 unspecified atom stereocenters. The minimum absolute atomic E-state index is 0. The van der Waals surface area contributed by atoms with Crippen molar-refractivity contribution in [3.63, 3.8) is 0 Å². The summed E-state index contributed by atoms with van der Waals surface area (Å²) in [6, 6.07) is 16.8. The molecule has 38 heavy (non-hydrogen) atoms. The fraction of sp³-hybridized carbons (Fsp3) is 0.296. The summed E-state index contributed by atoms with van der Waals surface area (Å²) in [5, 5.41) is 2.77. The zero-order valence-corrected chi connectivity index (χ0v) is 22.5. The van der Waals surface area contributed by atoms with Gasteiger partial charge in [-0.15, -0.1) is 12.4 Å². The number of hydrogen-bond donors (Lipinski definition) is 3. The van der Waals surface area contributed by atoms with E-state index in [1.54, 1.807) is 6.20 Å². The van der Waals surface area contributed by atoms with E-state index in [4.69, 9.17) is 0 Å². The molecule has 1 saturated heterocycles. The summed E-state index contributed by atoms with van der Waals surface area (Å²) in [5.74, 6) is 4.36. The highest BCUT2D eigenvalue weighted by Crippen LogP contribution is 2.31. The summed E-state index contributed by atoms with van der Waals surface area (Å²) in [4.78, 5) is 35.2. The molecule has 3 N–H and O–H groups in total. The van der Waals surface area contributed by atoms with Crippen molar-refractivity contribution in [2.45, 2.75) is 30.8 Å². The molecule has 11 heteroatoms. The third kappa shape index (κ3) is 7.44. The Labute approximate surface area is 228 Å². The van der Waals surface area contributed by atoms with Gasteiger partial charge in [-0.3, -0.25) is 9.59 Å². The van der Waals surface area contributed by atoms with Gasteiger partial charge in [-0.1, -0.05) is 66.6 Å². The first-order valence-corrected chi connectivity index (χ1v) is 13.9. The quantitative estimate of drug-likeness (QED) is 0.367. The Kier molecular flexibility index (Phi) is 10.1. The fourth-order valence-corrected chi connectivity index (χ4v) is 5.28. The fourth-order valence-electron chi connectivity index (χ4n) is 4.58. The molecule has 0 saturated carbocycles. The first kappa shape index (κ1) is 28.9. The number of H-pyrrole nitrogens is 1. The summed E-state index contributed by atoms with van der Waals surface area (Å²) in [5.41, 5.74) is 2.21. The molecule has 0 aliphatic carbocycles. The largest absolute Gasteiger partial charge is 0.343 e. The number of aromatic nitrogens is 2. The molecule has 200 valence electrons. The van der Waals surface area contributed by atoms with Crippen LogP contribution in [0.15, 0.2) is 73.2 Å². The van der Waals surface area contributed by atoms with Gasteiger partial charge in [-0.05, 0) is 29.9 Å². The van der Waals surface area contributed by atoms with Gasteiger partial charge in [0.2, 0.25) is 21.8 Å². The van der Waals surface area contributed by atoms with E-state index in [0.717, 1.165) is 17.4 Å². The molecule has 1 fully saturated rings. The van der Waals surface area contributed by atoms with Crippen molar-refractivity contribution in [3.8, 4) is 11.8 Å². The lowest BCUT2D eigenvalue weighted by atomic mass is 9.84. The van der Waals surface area contributed by atoms with Crippen LogP contribution >= 0.6 is 12.4 Å². The number of carbonyl (C=O) groups is 2. The molecule has 1 aliphatic heterocycles. The minimum Gasteiger partial charge on any atom is -0.343 e. The Morgan fingerprint density at radius 1 is 1.11 bits per heavy atom. The molecule has 2 atom stereocenters. The summed E-state index contributed by atoms with van der Waals surface area (Å²) >= 11 is 0. The van der Waals surface area contributed by atoms with Gasteiger partial charge < -0.3 is 15.2 Å². The predicted molar refractivity (Wildman–Crippen MR) is 147 cm³/mol. The third-order valence-electron chi connectivity index (χ3n) is 6.17. The van der Waals surface area contributed by atoms with Gasteiger partial charge in [0, 0.05) is 12.5 Å². The molecule has 1 aromatic heterocycles. The smallest absolute Gasteiger partial charge is 0.243 e. The van der Waals surface area contributed by atoms with Crippen molar-refractivity contribution in [2.75, 3.05) is 19.3 Å². The number of nitrogens with one attached hydrogen (secondary N) is 3. The van der Waals surface area contributed by atoms with Crippen LogP contribution in [0, 0.1) is 11.8 Å².